The van der Waals surface area contributed by atoms with Gasteiger partial charge in [-0.25, -0.2) is 4.68 Å². The molecular weight excluding hydrogens is 288 g/mol. The topological polar surface area (TPSA) is 51.0 Å². The summed E-state index contributed by atoms with van der Waals surface area (Å²) < 4.78 is 2.05. The zero-order valence-corrected chi connectivity index (χ0v) is 14.6. The van der Waals surface area contributed by atoms with E-state index in [0.717, 1.165) is 57.3 Å². The molecule has 3 rings (SSSR count). The van der Waals surface area contributed by atoms with Crippen molar-refractivity contribution < 1.29 is 4.79 Å². The summed E-state index contributed by atoms with van der Waals surface area (Å²) in [4.78, 5) is 14.8. The number of likely N-dealkylation sites (tertiary alicyclic amines) is 1. The maximum absolute atomic E-state index is 12.7. The summed E-state index contributed by atoms with van der Waals surface area (Å²) in [6, 6.07) is 0.412. The molecule has 1 saturated carbocycles. The van der Waals surface area contributed by atoms with E-state index in [1.54, 1.807) is 0 Å². The molecule has 1 amide bonds. The highest BCUT2D eigenvalue weighted by atomic mass is 16.2. The highest BCUT2D eigenvalue weighted by Gasteiger charge is 2.30. The second-order valence-corrected chi connectivity index (χ2v) is 7.23. The van der Waals surface area contributed by atoms with Gasteiger partial charge >= 0.3 is 0 Å². The van der Waals surface area contributed by atoms with Gasteiger partial charge in [0, 0.05) is 31.1 Å². The minimum atomic E-state index is 0.231. The van der Waals surface area contributed by atoms with E-state index in [-0.39, 0.29) is 5.92 Å². The number of hydrogen-bond donors (Lipinski definition) is 0. The van der Waals surface area contributed by atoms with Crippen LogP contribution in [0.25, 0.3) is 0 Å². The van der Waals surface area contributed by atoms with E-state index >= 15 is 0 Å². The average Bonchev–Trinajstić information content (AvgIpc) is 3.31. The maximum Gasteiger partial charge on any atom is 0.225 e. The minimum absolute atomic E-state index is 0.231. The summed E-state index contributed by atoms with van der Waals surface area (Å²) in [6.07, 6.45) is 10.9. The van der Waals surface area contributed by atoms with Crippen molar-refractivity contribution in [3.8, 4) is 0 Å². The number of amides is 1. The summed E-state index contributed by atoms with van der Waals surface area (Å²) in [6.45, 7) is 6.08. The summed E-state index contributed by atoms with van der Waals surface area (Å²) in [5.74, 6) is 1.27. The third-order valence-corrected chi connectivity index (χ3v) is 5.30. The van der Waals surface area contributed by atoms with Crippen LogP contribution in [0.4, 0.5) is 0 Å². The lowest BCUT2D eigenvalue weighted by Gasteiger charge is -2.34. The molecule has 2 aliphatic rings. The number of piperidine rings is 1. The number of hydrogen-bond acceptors (Lipinski definition) is 3. The van der Waals surface area contributed by atoms with Crippen LogP contribution in [0.5, 0.6) is 0 Å². The molecule has 128 valence electrons. The van der Waals surface area contributed by atoms with E-state index in [9.17, 15) is 4.79 Å². The monoisotopic (exact) mass is 318 g/mol. The molecule has 2 heterocycles. The largest absolute Gasteiger partial charge is 0.342 e. The molecule has 0 radical (unpaired) electrons. The predicted octanol–water partition coefficient (Wildman–Crippen LogP) is 3.54. The molecule has 1 saturated heterocycles. The van der Waals surface area contributed by atoms with Gasteiger partial charge in [-0.3, -0.25) is 4.79 Å². The fourth-order valence-corrected chi connectivity index (χ4v) is 3.73. The Morgan fingerprint density at radius 3 is 2.39 bits per heavy atom. The van der Waals surface area contributed by atoms with E-state index in [2.05, 4.69) is 35.3 Å². The van der Waals surface area contributed by atoms with Gasteiger partial charge in [-0.15, -0.1) is 5.10 Å². The smallest absolute Gasteiger partial charge is 0.225 e. The number of rotatable bonds is 7. The number of carbonyl (C=O) groups excluding carboxylic acids is 1. The van der Waals surface area contributed by atoms with Gasteiger partial charge in [0.1, 0.15) is 0 Å². The molecule has 5 heteroatoms. The van der Waals surface area contributed by atoms with E-state index in [1.165, 1.54) is 12.8 Å². The van der Waals surface area contributed by atoms with Crippen LogP contribution < -0.4 is 0 Å². The van der Waals surface area contributed by atoms with Gasteiger partial charge in [0.05, 0.1) is 11.7 Å². The highest BCUT2D eigenvalue weighted by Crippen LogP contribution is 2.39. The molecule has 5 nitrogen and oxygen atoms in total. The predicted molar refractivity (Wildman–Crippen MR) is 90.2 cm³/mol. The molecule has 1 aromatic rings. The van der Waals surface area contributed by atoms with Crippen molar-refractivity contribution in [3.05, 3.63) is 11.9 Å². The first-order chi connectivity index (χ1) is 11.2. The van der Waals surface area contributed by atoms with Crippen molar-refractivity contribution in [2.24, 2.45) is 5.92 Å². The Kier molecular flexibility index (Phi) is 5.34. The van der Waals surface area contributed by atoms with Gasteiger partial charge in [-0.1, -0.05) is 31.9 Å². The summed E-state index contributed by atoms with van der Waals surface area (Å²) in [5, 5.41) is 8.65. The lowest BCUT2D eigenvalue weighted by Crippen LogP contribution is -2.42. The van der Waals surface area contributed by atoms with Crippen molar-refractivity contribution in [3.63, 3.8) is 0 Å². The molecule has 1 aliphatic carbocycles. The molecular formula is C18H30N4O. The van der Waals surface area contributed by atoms with Crippen molar-refractivity contribution in [2.45, 2.75) is 77.2 Å². The third kappa shape index (κ3) is 3.93. The van der Waals surface area contributed by atoms with E-state index in [1.807, 2.05) is 4.68 Å². The van der Waals surface area contributed by atoms with E-state index < -0.39 is 0 Å². The Hall–Kier alpha value is -1.39. The minimum Gasteiger partial charge on any atom is -0.342 e. The van der Waals surface area contributed by atoms with Crippen LogP contribution in [0.2, 0.25) is 0 Å². The lowest BCUT2D eigenvalue weighted by atomic mass is 9.95. The first-order valence-electron chi connectivity index (χ1n) is 9.43. The Morgan fingerprint density at radius 1 is 1.17 bits per heavy atom. The molecule has 0 unspecified atom stereocenters. The average molecular weight is 318 g/mol. The Morgan fingerprint density at radius 2 is 1.83 bits per heavy atom. The van der Waals surface area contributed by atoms with Crippen molar-refractivity contribution >= 4 is 5.91 Å². The zero-order valence-electron chi connectivity index (χ0n) is 14.6. The maximum atomic E-state index is 12.7. The van der Waals surface area contributed by atoms with Crippen molar-refractivity contribution in [1.29, 1.82) is 0 Å². The van der Waals surface area contributed by atoms with Crippen LogP contribution in [-0.2, 0) is 4.79 Å². The van der Waals surface area contributed by atoms with Gasteiger partial charge in [-0.2, -0.15) is 0 Å². The number of nitrogens with zero attached hydrogens (tertiary/aromatic N) is 4. The van der Waals surface area contributed by atoms with E-state index in [4.69, 9.17) is 0 Å². The molecule has 1 aliphatic heterocycles. The fourth-order valence-electron chi connectivity index (χ4n) is 3.73. The molecule has 2 fully saturated rings. The molecule has 23 heavy (non-hydrogen) atoms. The van der Waals surface area contributed by atoms with Crippen LogP contribution in [0.15, 0.2) is 6.20 Å². The zero-order chi connectivity index (χ0) is 16.2. The SMILES string of the molecule is CCCC(CCC)C(=O)N1CCC(n2cc(C3CC3)nn2)CC1. The molecule has 0 spiro atoms. The lowest BCUT2D eigenvalue weighted by molar-refractivity contribution is -0.137. The Labute approximate surface area is 139 Å². The second-order valence-electron chi connectivity index (χ2n) is 7.23. The summed E-state index contributed by atoms with van der Waals surface area (Å²) in [7, 11) is 0. The van der Waals surface area contributed by atoms with Gasteiger partial charge in [0.2, 0.25) is 5.91 Å². The molecule has 0 aromatic carbocycles. The second kappa shape index (κ2) is 7.45. The molecule has 0 N–H and O–H groups in total. The highest BCUT2D eigenvalue weighted by molar-refractivity contribution is 5.78. The first-order valence-corrected chi connectivity index (χ1v) is 9.43. The number of aromatic nitrogens is 3. The van der Waals surface area contributed by atoms with Crippen molar-refractivity contribution in [1.82, 2.24) is 19.9 Å². The number of carbonyl (C=O) groups is 1. The summed E-state index contributed by atoms with van der Waals surface area (Å²) in [5.41, 5.74) is 1.16. The quantitative estimate of drug-likeness (QED) is 0.772. The van der Waals surface area contributed by atoms with Crippen molar-refractivity contribution in [2.75, 3.05) is 13.1 Å². The molecule has 0 bridgehead atoms. The first kappa shape index (κ1) is 16.5. The third-order valence-electron chi connectivity index (χ3n) is 5.30. The van der Waals surface area contributed by atoms with Gasteiger partial charge < -0.3 is 4.90 Å². The van der Waals surface area contributed by atoms with Gasteiger partial charge in [-0.05, 0) is 38.5 Å². The normalized spacial score (nSPS) is 19.5. The standard InChI is InChI=1S/C18H30N4O/c1-3-5-15(6-4-2)18(23)21-11-9-16(10-12-21)22-13-17(19-20-22)14-7-8-14/h13-16H,3-12H2,1-2H3. The van der Waals surface area contributed by atoms with Crippen LogP contribution in [-0.4, -0.2) is 38.9 Å². The fraction of sp³-hybridized carbons (Fsp3) is 0.833. The van der Waals surface area contributed by atoms with Crippen LogP contribution >= 0.6 is 0 Å². The van der Waals surface area contributed by atoms with E-state index in [0.29, 0.717) is 17.9 Å². The van der Waals surface area contributed by atoms with Crippen LogP contribution in [0.3, 0.4) is 0 Å². The van der Waals surface area contributed by atoms with Gasteiger partial charge in [0.25, 0.3) is 0 Å². The summed E-state index contributed by atoms with van der Waals surface area (Å²) >= 11 is 0. The van der Waals surface area contributed by atoms with Crippen LogP contribution in [0.1, 0.15) is 82.9 Å². The van der Waals surface area contributed by atoms with Gasteiger partial charge in [0.15, 0.2) is 0 Å². The Balaban J connectivity index is 1.53. The Bertz CT molecular complexity index is 509. The molecule has 1 aromatic heterocycles. The molecule has 0 atom stereocenters. The van der Waals surface area contributed by atoms with Crippen LogP contribution in [0, 0.1) is 5.92 Å².